The van der Waals surface area contributed by atoms with Gasteiger partial charge in [-0.05, 0) is 18.4 Å². The van der Waals surface area contributed by atoms with Crippen LogP contribution in [0.5, 0.6) is 0 Å². The molecular weight excluding hydrogens is 274 g/mol. The highest BCUT2D eigenvalue weighted by Gasteiger charge is 2.38. The highest BCUT2D eigenvalue weighted by Crippen LogP contribution is 2.27. The fraction of sp³-hybridized carbons (Fsp3) is 0.467. The smallest absolute Gasteiger partial charge is 0.407 e. The Morgan fingerprint density at radius 3 is 2.67 bits per heavy atom. The molecule has 0 heterocycles. The van der Waals surface area contributed by atoms with Gasteiger partial charge in [0.1, 0.15) is 6.61 Å². The minimum Gasteiger partial charge on any atom is -0.469 e. The number of nitrogens with one attached hydrogen (secondary N) is 1. The van der Waals surface area contributed by atoms with Crippen molar-refractivity contribution in [2.45, 2.75) is 31.6 Å². The van der Waals surface area contributed by atoms with Crippen LogP contribution in [0, 0.1) is 5.92 Å². The van der Waals surface area contributed by atoms with Crippen molar-refractivity contribution in [3.8, 4) is 0 Å². The summed E-state index contributed by atoms with van der Waals surface area (Å²) in [6.07, 6.45) is -0.725. The molecule has 3 atom stereocenters. The fourth-order valence-corrected chi connectivity index (χ4v) is 2.45. The molecule has 1 aliphatic carbocycles. The Hall–Kier alpha value is -2.08. The molecule has 0 aliphatic heterocycles. The first-order valence-corrected chi connectivity index (χ1v) is 6.83. The summed E-state index contributed by atoms with van der Waals surface area (Å²) in [6.45, 7) is 0.163. The van der Waals surface area contributed by atoms with Gasteiger partial charge in [-0.3, -0.25) is 4.79 Å². The number of ether oxygens (including phenoxy) is 2. The quantitative estimate of drug-likeness (QED) is 0.815. The topological polar surface area (TPSA) is 84.9 Å². The van der Waals surface area contributed by atoms with Gasteiger partial charge in [0.25, 0.3) is 0 Å². The van der Waals surface area contributed by atoms with Crippen molar-refractivity contribution in [2.75, 3.05) is 7.11 Å². The molecule has 1 saturated carbocycles. The zero-order chi connectivity index (χ0) is 15.2. The van der Waals surface area contributed by atoms with Gasteiger partial charge in [-0.1, -0.05) is 30.3 Å². The van der Waals surface area contributed by atoms with Crippen LogP contribution in [0.2, 0.25) is 0 Å². The second kappa shape index (κ2) is 7.08. The summed E-state index contributed by atoms with van der Waals surface area (Å²) >= 11 is 0. The number of amides is 1. The molecule has 1 aromatic carbocycles. The summed E-state index contributed by atoms with van der Waals surface area (Å²) in [6, 6.07) is 8.81. The van der Waals surface area contributed by atoms with Crippen molar-refractivity contribution in [1.29, 1.82) is 0 Å². The van der Waals surface area contributed by atoms with Gasteiger partial charge in [-0.15, -0.1) is 0 Å². The highest BCUT2D eigenvalue weighted by atomic mass is 16.5. The molecule has 0 unspecified atom stereocenters. The summed E-state index contributed by atoms with van der Waals surface area (Å²) in [5.41, 5.74) is 0.882. The lowest BCUT2D eigenvalue weighted by atomic mass is 10.1. The molecule has 2 rings (SSSR count). The Morgan fingerprint density at radius 2 is 2.00 bits per heavy atom. The van der Waals surface area contributed by atoms with E-state index in [4.69, 9.17) is 4.74 Å². The summed E-state index contributed by atoms with van der Waals surface area (Å²) in [7, 11) is 1.31. The van der Waals surface area contributed by atoms with E-state index in [0.29, 0.717) is 6.42 Å². The lowest BCUT2D eigenvalue weighted by Gasteiger charge is -2.16. The Bertz CT molecular complexity index is 490. The van der Waals surface area contributed by atoms with Crippen LogP contribution in [-0.4, -0.2) is 36.4 Å². The summed E-state index contributed by atoms with van der Waals surface area (Å²) < 4.78 is 9.73. The van der Waals surface area contributed by atoms with Crippen molar-refractivity contribution < 1.29 is 24.2 Å². The van der Waals surface area contributed by atoms with E-state index in [1.165, 1.54) is 7.11 Å². The highest BCUT2D eigenvalue weighted by molar-refractivity contribution is 5.73. The minimum absolute atomic E-state index is 0.163. The lowest BCUT2D eigenvalue weighted by Crippen LogP contribution is -2.40. The van der Waals surface area contributed by atoms with Gasteiger partial charge in [0, 0.05) is 0 Å². The van der Waals surface area contributed by atoms with Crippen molar-refractivity contribution in [1.82, 2.24) is 5.32 Å². The maximum absolute atomic E-state index is 11.7. The van der Waals surface area contributed by atoms with E-state index in [9.17, 15) is 14.7 Å². The van der Waals surface area contributed by atoms with Gasteiger partial charge in [0.05, 0.1) is 25.2 Å². The van der Waals surface area contributed by atoms with Crippen molar-refractivity contribution in [3.63, 3.8) is 0 Å². The number of rotatable bonds is 4. The molecule has 0 saturated heterocycles. The van der Waals surface area contributed by atoms with E-state index in [1.54, 1.807) is 0 Å². The number of alkyl carbamates (subject to hydrolysis) is 1. The Morgan fingerprint density at radius 1 is 1.29 bits per heavy atom. The molecular formula is C15H19NO5. The molecule has 6 heteroatoms. The first-order valence-electron chi connectivity index (χ1n) is 6.83. The number of hydrogen-bond donors (Lipinski definition) is 2. The first kappa shape index (κ1) is 15.3. The van der Waals surface area contributed by atoms with Crippen LogP contribution in [0.1, 0.15) is 18.4 Å². The maximum atomic E-state index is 11.7. The van der Waals surface area contributed by atoms with Gasteiger partial charge in [-0.25, -0.2) is 4.79 Å². The Labute approximate surface area is 123 Å². The molecule has 21 heavy (non-hydrogen) atoms. The van der Waals surface area contributed by atoms with Crippen LogP contribution in [0.25, 0.3) is 0 Å². The number of esters is 1. The van der Waals surface area contributed by atoms with Crippen molar-refractivity contribution in [3.05, 3.63) is 35.9 Å². The van der Waals surface area contributed by atoms with Gasteiger partial charge < -0.3 is 19.9 Å². The van der Waals surface area contributed by atoms with Gasteiger partial charge in [-0.2, -0.15) is 0 Å². The number of aliphatic hydroxyl groups is 1. The molecule has 0 bridgehead atoms. The predicted molar refractivity (Wildman–Crippen MR) is 74.3 cm³/mol. The van der Waals surface area contributed by atoms with Crippen LogP contribution < -0.4 is 5.32 Å². The first-order chi connectivity index (χ1) is 10.1. The zero-order valence-electron chi connectivity index (χ0n) is 11.8. The van der Waals surface area contributed by atoms with E-state index < -0.39 is 18.2 Å². The van der Waals surface area contributed by atoms with Crippen LogP contribution in [0.3, 0.4) is 0 Å². The van der Waals surface area contributed by atoms with E-state index in [-0.39, 0.29) is 24.9 Å². The largest absolute Gasteiger partial charge is 0.469 e. The summed E-state index contributed by atoms with van der Waals surface area (Å²) in [4.78, 5) is 23.1. The molecule has 2 N–H and O–H groups in total. The SMILES string of the molecule is COC(=O)[C@@H]1C[C@H](O)[C@H](NC(=O)OCc2ccccc2)C1. The third kappa shape index (κ3) is 4.19. The van der Waals surface area contributed by atoms with Crippen LogP contribution in [0.4, 0.5) is 4.79 Å². The van der Waals surface area contributed by atoms with Gasteiger partial charge >= 0.3 is 12.1 Å². The number of hydrogen-bond acceptors (Lipinski definition) is 5. The molecule has 114 valence electrons. The lowest BCUT2D eigenvalue weighted by molar-refractivity contribution is -0.145. The Balaban J connectivity index is 1.79. The molecule has 0 radical (unpaired) electrons. The second-order valence-corrected chi connectivity index (χ2v) is 5.07. The predicted octanol–water partition coefficient (Wildman–Crippen LogP) is 1.23. The van der Waals surface area contributed by atoms with Crippen molar-refractivity contribution >= 4 is 12.1 Å². The monoisotopic (exact) mass is 293 g/mol. The number of benzene rings is 1. The minimum atomic E-state index is -0.765. The molecule has 0 spiro atoms. The number of methoxy groups -OCH3 is 1. The maximum Gasteiger partial charge on any atom is 0.407 e. The van der Waals surface area contributed by atoms with Gasteiger partial charge in [0.15, 0.2) is 0 Å². The summed E-state index contributed by atoms with van der Waals surface area (Å²) in [5.74, 6) is -0.750. The van der Waals surface area contributed by atoms with Crippen molar-refractivity contribution in [2.24, 2.45) is 5.92 Å². The Kier molecular flexibility index (Phi) is 5.16. The standard InChI is InChI=1S/C15H19NO5/c1-20-14(18)11-7-12(13(17)8-11)16-15(19)21-9-10-5-3-2-4-6-10/h2-6,11-13,17H,7-9H2,1H3,(H,16,19)/t11-,12+,13-/m0/s1. The molecule has 1 fully saturated rings. The number of aliphatic hydroxyl groups excluding tert-OH is 1. The second-order valence-electron chi connectivity index (χ2n) is 5.07. The average molecular weight is 293 g/mol. The fourth-order valence-electron chi connectivity index (χ4n) is 2.45. The van der Waals surface area contributed by atoms with Crippen LogP contribution in [-0.2, 0) is 20.9 Å². The van der Waals surface area contributed by atoms with E-state index in [2.05, 4.69) is 10.1 Å². The molecule has 1 amide bonds. The summed E-state index contributed by atoms with van der Waals surface area (Å²) in [5, 5.41) is 12.4. The van der Waals surface area contributed by atoms with Crippen LogP contribution in [0.15, 0.2) is 30.3 Å². The normalized spacial score (nSPS) is 24.4. The molecule has 0 aromatic heterocycles. The molecule has 1 aromatic rings. The number of carbonyl (C=O) groups is 2. The van der Waals surface area contributed by atoms with E-state index >= 15 is 0 Å². The third-order valence-corrected chi connectivity index (χ3v) is 3.58. The average Bonchev–Trinajstić information content (AvgIpc) is 2.86. The zero-order valence-corrected chi connectivity index (χ0v) is 11.8. The molecule has 6 nitrogen and oxygen atoms in total. The third-order valence-electron chi connectivity index (χ3n) is 3.58. The molecule has 1 aliphatic rings. The van der Waals surface area contributed by atoms with Gasteiger partial charge in [0.2, 0.25) is 0 Å². The number of carbonyl (C=O) groups excluding carboxylic acids is 2. The van der Waals surface area contributed by atoms with Crippen LogP contribution >= 0.6 is 0 Å². The van der Waals surface area contributed by atoms with E-state index in [1.807, 2.05) is 30.3 Å². The van der Waals surface area contributed by atoms with E-state index in [0.717, 1.165) is 5.56 Å².